The van der Waals surface area contributed by atoms with Gasteiger partial charge in [0.2, 0.25) is 5.82 Å². The minimum absolute atomic E-state index is 0.125. The van der Waals surface area contributed by atoms with E-state index in [1.165, 1.54) is 0 Å². The van der Waals surface area contributed by atoms with Crippen molar-refractivity contribution in [2.24, 2.45) is 0 Å². The van der Waals surface area contributed by atoms with Crippen molar-refractivity contribution in [3.63, 3.8) is 0 Å². The predicted molar refractivity (Wildman–Crippen MR) is 66.2 cm³/mol. The molecule has 1 aromatic heterocycles. The molecule has 0 amide bonds. The van der Waals surface area contributed by atoms with Crippen LogP contribution in [0.5, 0.6) is 5.75 Å². The van der Waals surface area contributed by atoms with Gasteiger partial charge in [-0.15, -0.1) is 0 Å². The van der Waals surface area contributed by atoms with Crippen LogP contribution in [0.25, 0.3) is 11.5 Å². The highest BCUT2D eigenvalue weighted by molar-refractivity contribution is 5.62. The monoisotopic (exact) mass is 248 g/mol. The number of rotatable bonds is 3. The molecule has 0 aliphatic carbocycles. The molecular weight excluding hydrogens is 232 g/mol. The zero-order chi connectivity index (χ0) is 13.3. The molecule has 18 heavy (non-hydrogen) atoms. The molecule has 1 N–H and O–H groups in total. The minimum Gasteiger partial charge on any atom is -0.507 e. The summed E-state index contributed by atoms with van der Waals surface area (Å²) >= 11 is 0. The smallest absolute Gasteiger partial charge is 0.261 e. The summed E-state index contributed by atoms with van der Waals surface area (Å²) in [6, 6.07) is 5.28. The number of aryl methyl sites for hydroxylation is 1. The van der Waals surface area contributed by atoms with E-state index in [9.17, 15) is 5.11 Å². The van der Waals surface area contributed by atoms with Gasteiger partial charge in [-0.2, -0.15) is 4.98 Å². The Morgan fingerprint density at radius 2 is 2.06 bits per heavy atom. The molecule has 2 rings (SSSR count). The normalized spacial score (nSPS) is 11.8. The molecule has 5 heteroatoms. The fourth-order valence-electron chi connectivity index (χ4n) is 1.49. The van der Waals surface area contributed by atoms with Gasteiger partial charge in [-0.25, -0.2) is 0 Å². The molecule has 2 aromatic rings. The largest absolute Gasteiger partial charge is 0.507 e. The average molecular weight is 248 g/mol. The Morgan fingerprint density at radius 3 is 2.67 bits per heavy atom. The molecule has 0 saturated carbocycles. The van der Waals surface area contributed by atoms with Crippen molar-refractivity contribution in [1.82, 2.24) is 10.1 Å². The molecule has 0 aliphatic heterocycles. The molecule has 0 radical (unpaired) electrons. The quantitative estimate of drug-likeness (QED) is 0.904. The first-order valence-electron chi connectivity index (χ1n) is 5.63. The first-order chi connectivity index (χ1) is 8.44. The number of hydrogen-bond acceptors (Lipinski definition) is 5. The molecule has 0 unspecified atom stereocenters. The number of hydrogen-bond donors (Lipinski definition) is 1. The number of aromatic hydroxyl groups is 1. The summed E-state index contributed by atoms with van der Waals surface area (Å²) in [5.41, 5.74) is 0.863. The van der Waals surface area contributed by atoms with E-state index in [1.54, 1.807) is 19.2 Å². The molecule has 0 aliphatic rings. The average Bonchev–Trinajstić information content (AvgIpc) is 2.79. The first-order valence-corrected chi connectivity index (χ1v) is 5.63. The van der Waals surface area contributed by atoms with E-state index in [0.29, 0.717) is 11.4 Å². The molecule has 5 nitrogen and oxygen atoms in total. The van der Waals surface area contributed by atoms with Crippen LogP contribution in [0, 0.1) is 6.92 Å². The Bertz CT molecular complexity index is 561. The number of nitrogens with zero attached hydrogens (tertiary/aromatic N) is 2. The first kappa shape index (κ1) is 12.6. The second kappa shape index (κ2) is 4.42. The Balaban J connectivity index is 2.41. The van der Waals surface area contributed by atoms with Gasteiger partial charge >= 0.3 is 0 Å². The second-order valence-electron chi connectivity index (χ2n) is 4.66. The maximum atomic E-state index is 9.86. The van der Waals surface area contributed by atoms with Gasteiger partial charge in [0.05, 0.1) is 5.56 Å². The van der Waals surface area contributed by atoms with E-state index in [2.05, 4.69) is 10.1 Å². The molecule has 0 saturated heterocycles. The van der Waals surface area contributed by atoms with Crippen LogP contribution >= 0.6 is 0 Å². The summed E-state index contributed by atoms with van der Waals surface area (Å²) in [4.78, 5) is 4.25. The summed E-state index contributed by atoms with van der Waals surface area (Å²) in [5, 5.41) is 13.7. The standard InChI is InChI=1S/C13H16N2O3/c1-8-5-6-9(10(16)7-8)11-14-12(15-18-11)13(2,3)17-4/h5-7,16H,1-4H3. The van der Waals surface area contributed by atoms with Gasteiger partial charge in [-0.3, -0.25) is 0 Å². The van der Waals surface area contributed by atoms with E-state index in [-0.39, 0.29) is 11.6 Å². The molecule has 0 bridgehead atoms. The zero-order valence-corrected chi connectivity index (χ0v) is 10.9. The van der Waals surface area contributed by atoms with Crippen LogP contribution in [0.4, 0.5) is 0 Å². The lowest BCUT2D eigenvalue weighted by molar-refractivity contribution is 0.00973. The van der Waals surface area contributed by atoms with Crippen molar-refractivity contribution in [3.8, 4) is 17.2 Å². The zero-order valence-electron chi connectivity index (χ0n) is 10.9. The lowest BCUT2D eigenvalue weighted by Crippen LogP contribution is -2.21. The van der Waals surface area contributed by atoms with Crippen LogP contribution in [0.2, 0.25) is 0 Å². The van der Waals surface area contributed by atoms with Crippen LogP contribution in [0.1, 0.15) is 25.2 Å². The van der Waals surface area contributed by atoms with Crippen LogP contribution < -0.4 is 0 Å². The van der Waals surface area contributed by atoms with Crippen molar-refractivity contribution in [1.29, 1.82) is 0 Å². The third kappa shape index (κ3) is 2.22. The number of phenols is 1. The van der Waals surface area contributed by atoms with Crippen LogP contribution in [0.3, 0.4) is 0 Å². The predicted octanol–water partition coefficient (Wildman–Crippen LogP) is 2.63. The van der Waals surface area contributed by atoms with Crippen molar-refractivity contribution in [3.05, 3.63) is 29.6 Å². The van der Waals surface area contributed by atoms with Crippen molar-refractivity contribution < 1.29 is 14.4 Å². The van der Waals surface area contributed by atoms with Gasteiger partial charge in [-0.1, -0.05) is 11.2 Å². The topological polar surface area (TPSA) is 68.4 Å². The van der Waals surface area contributed by atoms with E-state index < -0.39 is 5.60 Å². The highest BCUT2D eigenvalue weighted by Gasteiger charge is 2.27. The number of aromatic nitrogens is 2. The molecule has 1 aromatic carbocycles. The third-order valence-electron chi connectivity index (χ3n) is 2.86. The lowest BCUT2D eigenvalue weighted by atomic mass is 10.1. The Hall–Kier alpha value is -1.88. The number of ether oxygens (including phenoxy) is 1. The van der Waals surface area contributed by atoms with Gasteiger partial charge in [-0.05, 0) is 38.5 Å². The highest BCUT2D eigenvalue weighted by Crippen LogP contribution is 2.30. The number of methoxy groups -OCH3 is 1. The maximum absolute atomic E-state index is 9.86. The second-order valence-corrected chi connectivity index (χ2v) is 4.66. The van der Waals surface area contributed by atoms with E-state index in [4.69, 9.17) is 9.26 Å². The van der Waals surface area contributed by atoms with Crippen LogP contribution in [-0.2, 0) is 10.3 Å². The molecule has 0 atom stereocenters. The number of phenolic OH excluding ortho intramolecular Hbond substituents is 1. The van der Waals surface area contributed by atoms with Crippen molar-refractivity contribution in [2.45, 2.75) is 26.4 Å². The lowest BCUT2D eigenvalue weighted by Gasteiger charge is -2.17. The van der Waals surface area contributed by atoms with E-state index >= 15 is 0 Å². The summed E-state index contributed by atoms with van der Waals surface area (Å²) in [6.07, 6.45) is 0. The third-order valence-corrected chi connectivity index (χ3v) is 2.86. The van der Waals surface area contributed by atoms with Gasteiger partial charge in [0.15, 0.2) is 0 Å². The fourth-order valence-corrected chi connectivity index (χ4v) is 1.49. The summed E-state index contributed by atoms with van der Waals surface area (Å²) in [5.74, 6) is 0.855. The SMILES string of the molecule is COC(C)(C)c1noc(-c2ccc(C)cc2O)n1. The molecule has 0 fully saturated rings. The van der Waals surface area contributed by atoms with Crippen molar-refractivity contribution >= 4 is 0 Å². The Labute approximate surface area is 105 Å². The molecular formula is C13H16N2O3. The van der Waals surface area contributed by atoms with Gasteiger partial charge in [0.1, 0.15) is 11.4 Å². The molecule has 96 valence electrons. The molecule has 1 heterocycles. The highest BCUT2D eigenvalue weighted by atomic mass is 16.5. The van der Waals surface area contributed by atoms with Gasteiger partial charge in [0, 0.05) is 7.11 Å². The van der Waals surface area contributed by atoms with Crippen molar-refractivity contribution in [2.75, 3.05) is 7.11 Å². The Kier molecular flexibility index (Phi) is 3.09. The fraction of sp³-hybridized carbons (Fsp3) is 0.385. The summed E-state index contributed by atoms with van der Waals surface area (Å²) in [6.45, 7) is 5.59. The van der Waals surface area contributed by atoms with E-state index in [1.807, 2.05) is 26.8 Å². The van der Waals surface area contributed by atoms with Gasteiger partial charge < -0.3 is 14.4 Å². The maximum Gasteiger partial charge on any atom is 0.261 e. The van der Waals surface area contributed by atoms with Crippen LogP contribution in [-0.4, -0.2) is 22.4 Å². The molecule has 0 spiro atoms. The summed E-state index contributed by atoms with van der Waals surface area (Å²) < 4.78 is 10.4. The van der Waals surface area contributed by atoms with Crippen LogP contribution in [0.15, 0.2) is 22.7 Å². The number of benzene rings is 1. The Morgan fingerprint density at radius 1 is 1.33 bits per heavy atom. The summed E-state index contributed by atoms with van der Waals surface area (Å²) in [7, 11) is 1.58. The minimum atomic E-state index is -0.623. The van der Waals surface area contributed by atoms with E-state index in [0.717, 1.165) is 5.56 Å². The van der Waals surface area contributed by atoms with Gasteiger partial charge in [0.25, 0.3) is 5.89 Å².